The van der Waals surface area contributed by atoms with Crippen LogP contribution in [0, 0.1) is 5.92 Å². The molecule has 18 heavy (non-hydrogen) atoms. The Labute approximate surface area is 109 Å². The van der Waals surface area contributed by atoms with E-state index in [-0.39, 0.29) is 5.78 Å². The molecule has 0 amide bonds. The molecule has 3 heteroatoms. The van der Waals surface area contributed by atoms with E-state index >= 15 is 0 Å². The van der Waals surface area contributed by atoms with Gasteiger partial charge in [0.2, 0.25) is 0 Å². The average molecular weight is 249 g/mol. The van der Waals surface area contributed by atoms with Gasteiger partial charge in [-0.3, -0.25) is 4.79 Å². The fourth-order valence-electron chi connectivity index (χ4n) is 1.66. The van der Waals surface area contributed by atoms with E-state index in [0.717, 1.165) is 12.8 Å². The second kappa shape index (κ2) is 7.88. The maximum Gasteiger partial charge on any atom is 0.166 e. The minimum atomic E-state index is 0.141. The number of hydrogen-bond donors (Lipinski definition) is 1. The van der Waals surface area contributed by atoms with Crippen molar-refractivity contribution in [2.24, 2.45) is 11.7 Å². The average Bonchev–Trinajstić information content (AvgIpc) is 2.42. The lowest BCUT2D eigenvalue weighted by molar-refractivity contribution is 0.0971. The Morgan fingerprint density at radius 1 is 1.39 bits per heavy atom. The van der Waals surface area contributed by atoms with Crippen molar-refractivity contribution in [3.63, 3.8) is 0 Å². The van der Waals surface area contributed by atoms with Crippen LogP contribution < -0.4 is 10.5 Å². The van der Waals surface area contributed by atoms with E-state index in [1.165, 1.54) is 0 Å². The number of nitrogens with two attached hydrogens (primary N) is 1. The number of ketones is 1. The molecule has 3 nitrogen and oxygen atoms in total. The van der Waals surface area contributed by atoms with Gasteiger partial charge in [-0.05, 0) is 37.4 Å². The molecular weight excluding hydrogens is 226 g/mol. The van der Waals surface area contributed by atoms with Crippen LogP contribution in [0.4, 0.5) is 0 Å². The third-order valence-electron chi connectivity index (χ3n) is 2.92. The Morgan fingerprint density at radius 2 is 2.11 bits per heavy atom. The van der Waals surface area contributed by atoms with E-state index in [2.05, 4.69) is 6.92 Å². The van der Waals surface area contributed by atoms with Crippen molar-refractivity contribution in [1.82, 2.24) is 0 Å². The molecule has 2 N–H and O–H groups in total. The lowest BCUT2D eigenvalue weighted by Gasteiger charge is -2.11. The van der Waals surface area contributed by atoms with Crippen molar-refractivity contribution in [2.45, 2.75) is 33.1 Å². The highest BCUT2D eigenvalue weighted by atomic mass is 16.5. The van der Waals surface area contributed by atoms with Gasteiger partial charge < -0.3 is 10.5 Å². The number of ether oxygens (including phenoxy) is 1. The molecule has 0 aromatic heterocycles. The summed E-state index contributed by atoms with van der Waals surface area (Å²) in [6.45, 7) is 5.38. The van der Waals surface area contributed by atoms with Crippen molar-refractivity contribution in [3.8, 4) is 5.75 Å². The molecule has 0 saturated carbocycles. The van der Waals surface area contributed by atoms with Crippen LogP contribution in [0.5, 0.6) is 5.75 Å². The van der Waals surface area contributed by atoms with E-state index in [9.17, 15) is 4.79 Å². The maximum atomic E-state index is 12.1. The largest absolute Gasteiger partial charge is 0.493 e. The van der Waals surface area contributed by atoms with E-state index in [0.29, 0.717) is 36.8 Å². The highest BCUT2D eigenvalue weighted by molar-refractivity contribution is 5.98. The fourth-order valence-corrected chi connectivity index (χ4v) is 1.66. The Hall–Kier alpha value is -1.35. The molecule has 0 aliphatic carbocycles. The molecule has 0 radical (unpaired) electrons. The van der Waals surface area contributed by atoms with Crippen molar-refractivity contribution in [1.29, 1.82) is 0 Å². The summed E-state index contributed by atoms with van der Waals surface area (Å²) in [4.78, 5) is 12.1. The van der Waals surface area contributed by atoms with Crippen LogP contribution >= 0.6 is 0 Å². The monoisotopic (exact) mass is 249 g/mol. The summed E-state index contributed by atoms with van der Waals surface area (Å²) in [5, 5.41) is 0. The predicted molar refractivity (Wildman–Crippen MR) is 74.0 cm³/mol. The van der Waals surface area contributed by atoms with Gasteiger partial charge in [0.15, 0.2) is 5.78 Å². The Kier molecular flexibility index (Phi) is 6.44. The molecule has 0 aliphatic heterocycles. The standard InChI is InChI=1S/C15H23NO2/c1-3-10-18-15-7-5-4-6-13(15)14(17)9-8-12(2)11-16/h4-7,12H,3,8-11,16H2,1-2H3. The first-order chi connectivity index (χ1) is 8.69. The topological polar surface area (TPSA) is 52.3 Å². The zero-order chi connectivity index (χ0) is 13.4. The third kappa shape index (κ3) is 4.49. The molecule has 0 saturated heterocycles. The lowest BCUT2D eigenvalue weighted by atomic mass is 9.99. The van der Waals surface area contributed by atoms with Gasteiger partial charge in [0.05, 0.1) is 12.2 Å². The smallest absolute Gasteiger partial charge is 0.166 e. The summed E-state index contributed by atoms with van der Waals surface area (Å²) >= 11 is 0. The van der Waals surface area contributed by atoms with E-state index in [1.807, 2.05) is 31.2 Å². The lowest BCUT2D eigenvalue weighted by Crippen LogP contribution is -2.13. The Morgan fingerprint density at radius 3 is 2.78 bits per heavy atom. The summed E-state index contributed by atoms with van der Waals surface area (Å²) < 4.78 is 5.60. The van der Waals surface area contributed by atoms with Crippen LogP contribution in [-0.2, 0) is 0 Å². The zero-order valence-corrected chi connectivity index (χ0v) is 11.3. The molecule has 1 aromatic carbocycles. The number of rotatable bonds is 8. The van der Waals surface area contributed by atoms with Crippen molar-refractivity contribution >= 4 is 5.78 Å². The van der Waals surface area contributed by atoms with Gasteiger partial charge in [-0.2, -0.15) is 0 Å². The minimum absolute atomic E-state index is 0.141. The molecule has 0 spiro atoms. The van der Waals surface area contributed by atoms with Gasteiger partial charge in [-0.25, -0.2) is 0 Å². The van der Waals surface area contributed by atoms with Crippen LogP contribution in [-0.4, -0.2) is 18.9 Å². The second-order valence-electron chi connectivity index (χ2n) is 4.65. The SMILES string of the molecule is CCCOc1ccccc1C(=O)CCC(C)CN. The van der Waals surface area contributed by atoms with E-state index in [4.69, 9.17) is 10.5 Å². The van der Waals surface area contributed by atoms with Crippen LogP contribution in [0.3, 0.4) is 0 Å². The summed E-state index contributed by atoms with van der Waals surface area (Å²) in [5.41, 5.74) is 6.25. The van der Waals surface area contributed by atoms with Crippen LogP contribution in [0.1, 0.15) is 43.5 Å². The van der Waals surface area contributed by atoms with Gasteiger partial charge in [0.25, 0.3) is 0 Å². The van der Waals surface area contributed by atoms with Gasteiger partial charge in [-0.15, -0.1) is 0 Å². The summed E-state index contributed by atoms with van der Waals surface area (Å²) in [7, 11) is 0. The summed E-state index contributed by atoms with van der Waals surface area (Å²) in [6, 6.07) is 7.46. The molecule has 0 heterocycles. The van der Waals surface area contributed by atoms with E-state index in [1.54, 1.807) is 0 Å². The highest BCUT2D eigenvalue weighted by Gasteiger charge is 2.12. The maximum absolute atomic E-state index is 12.1. The molecule has 0 fully saturated rings. The minimum Gasteiger partial charge on any atom is -0.493 e. The molecule has 0 bridgehead atoms. The van der Waals surface area contributed by atoms with Gasteiger partial charge in [0, 0.05) is 6.42 Å². The van der Waals surface area contributed by atoms with Crippen molar-refractivity contribution in [3.05, 3.63) is 29.8 Å². The molecular formula is C15H23NO2. The number of hydrogen-bond acceptors (Lipinski definition) is 3. The third-order valence-corrected chi connectivity index (χ3v) is 2.92. The van der Waals surface area contributed by atoms with Crippen molar-refractivity contribution in [2.75, 3.05) is 13.2 Å². The van der Waals surface area contributed by atoms with Gasteiger partial charge >= 0.3 is 0 Å². The van der Waals surface area contributed by atoms with Crippen LogP contribution in [0.15, 0.2) is 24.3 Å². The zero-order valence-electron chi connectivity index (χ0n) is 11.3. The molecule has 1 atom stereocenters. The normalized spacial score (nSPS) is 12.2. The van der Waals surface area contributed by atoms with Gasteiger partial charge in [0.1, 0.15) is 5.75 Å². The molecule has 1 rings (SSSR count). The van der Waals surface area contributed by atoms with Crippen LogP contribution in [0.2, 0.25) is 0 Å². The molecule has 0 aliphatic rings. The molecule has 1 unspecified atom stereocenters. The molecule has 100 valence electrons. The Bertz CT molecular complexity index is 377. The number of para-hydroxylation sites is 1. The number of carbonyl (C=O) groups excluding carboxylic acids is 1. The highest BCUT2D eigenvalue weighted by Crippen LogP contribution is 2.21. The van der Waals surface area contributed by atoms with Crippen molar-refractivity contribution < 1.29 is 9.53 Å². The van der Waals surface area contributed by atoms with Crippen LogP contribution in [0.25, 0.3) is 0 Å². The summed E-state index contributed by atoms with van der Waals surface area (Å²) in [5.74, 6) is 1.23. The summed E-state index contributed by atoms with van der Waals surface area (Å²) in [6.07, 6.45) is 2.30. The van der Waals surface area contributed by atoms with Gasteiger partial charge in [-0.1, -0.05) is 26.0 Å². The number of carbonyl (C=O) groups is 1. The predicted octanol–water partition coefficient (Wildman–Crippen LogP) is 3.03. The number of Topliss-reactive ketones (excluding diaryl/α,β-unsaturated/α-hetero) is 1. The number of benzene rings is 1. The first-order valence-corrected chi connectivity index (χ1v) is 6.64. The van der Waals surface area contributed by atoms with E-state index < -0.39 is 0 Å². The fraction of sp³-hybridized carbons (Fsp3) is 0.533. The molecule has 1 aromatic rings. The first kappa shape index (κ1) is 14.7. The second-order valence-corrected chi connectivity index (χ2v) is 4.65. The Balaban J connectivity index is 2.66. The quantitative estimate of drug-likeness (QED) is 0.720. The first-order valence-electron chi connectivity index (χ1n) is 6.64.